The van der Waals surface area contributed by atoms with E-state index in [0.29, 0.717) is 0 Å². The topological polar surface area (TPSA) is 12.0 Å². The van der Waals surface area contributed by atoms with Crippen LogP contribution >= 0.6 is 0 Å². The van der Waals surface area contributed by atoms with Crippen molar-refractivity contribution < 1.29 is 0 Å². The van der Waals surface area contributed by atoms with Gasteiger partial charge in [0.15, 0.2) is 0 Å². The summed E-state index contributed by atoms with van der Waals surface area (Å²) in [7, 11) is 0. The smallest absolute Gasteiger partial charge is 0.00727 e. The number of hydrogen-bond acceptors (Lipinski definition) is 1. The predicted molar refractivity (Wildman–Crippen MR) is 78.9 cm³/mol. The van der Waals surface area contributed by atoms with Crippen LogP contribution in [-0.2, 0) is 6.42 Å². The first kappa shape index (κ1) is 13.6. The number of hydrogen-bond donors (Lipinski definition) is 1. The second-order valence-electron chi connectivity index (χ2n) is 5.81. The molecule has 100 valence electrons. The van der Waals surface area contributed by atoms with Gasteiger partial charge >= 0.3 is 0 Å². The summed E-state index contributed by atoms with van der Waals surface area (Å²) >= 11 is 0. The van der Waals surface area contributed by atoms with E-state index in [0.717, 1.165) is 18.5 Å². The molecule has 1 aliphatic rings. The standard InChI is InChI=1S/C17H27N/c1-3-18-17(13-15-8-5-9-15)11-10-16-7-4-6-14(2)12-16/h4,6-7,12,15,17-18H,3,5,8-11,13H2,1-2H3. The SMILES string of the molecule is CCNC(CCc1cccc(C)c1)CC1CCC1. The van der Waals surface area contributed by atoms with Gasteiger partial charge in [-0.1, -0.05) is 56.0 Å². The van der Waals surface area contributed by atoms with Crippen LogP contribution in [0.5, 0.6) is 0 Å². The van der Waals surface area contributed by atoms with E-state index in [1.165, 1.54) is 49.7 Å². The molecule has 2 rings (SSSR count). The highest BCUT2D eigenvalue weighted by Gasteiger charge is 2.21. The van der Waals surface area contributed by atoms with E-state index in [2.05, 4.69) is 43.4 Å². The Morgan fingerprint density at radius 2 is 2.17 bits per heavy atom. The van der Waals surface area contributed by atoms with E-state index in [1.54, 1.807) is 0 Å². The minimum absolute atomic E-state index is 0.723. The van der Waals surface area contributed by atoms with Crippen LogP contribution in [0.3, 0.4) is 0 Å². The largest absolute Gasteiger partial charge is 0.314 e. The lowest BCUT2D eigenvalue weighted by Crippen LogP contribution is -2.33. The molecule has 18 heavy (non-hydrogen) atoms. The molecule has 0 aliphatic heterocycles. The Kier molecular flexibility index (Phi) is 5.25. The van der Waals surface area contributed by atoms with Crippen LogP contribution in [-0.4, -0.2) is 12.6 Å². The maximum Gasteiger partial charge on any atom is 0.00727 e. The Morgan fingerprint density at radius 3 is 2.78 bits per heavy atom. The molecule has 1 fully saturated rings. The zero-order valence-electron chi connectivity index (χ0n) is 11.9. The van der Waals surface area contributed by atoms with Gasteiger partial charge in [-0.3, -0.25) is 0 Å². The normalized spacial score (nSPS) is 17.4. The molecule has 1 unspecified atom stereocenters. The van der Waals surface area contributed by atoms with Crippen LogP contribution in [0.25, 0.3) is 0 Å². The van der Waals surface area contributed by atoms with E-state index in [9.17, 15) is 0 Å². The van der Waals surface area contributed by atoms with Crippen molar-refractivity contribution >= 4 is 0 Å². The molecular formula is C17H27N. The molecule has 1 saturated carbocycles. The molecule has 0 aromatic heterocycles. The molecule has 0 radical (unpaired) electrons. The summed E-state index contributed by atoms with van der Waals surface area (Å²) in [6.07, 6.45) is 8.28. The van der Waals surface area contributed by atoms with Crippen molar-refractivity contribution in [3.8, 4) is 0 Å². The lowest BCUT2D eigenvalue weighted by Gasteiger charge is -2.30. The molecule has 0 bridgehead atoms. The van der Waals surface area contributed by atoms with Crippen molar-refractivity contribution in [2.24, 2.45) is 5.92 Å². The molecule has 0 spiro atoms. The Hall–Kier alpha value is -0.820. The van der Waals surface area contributed by atoms with Crippen molar-refractivity contribution in [2.75, 3.05) is 6.54 Å². The van der Waals surface area contributed by atoms with E-state index in [1.807, 2.05) is 0 Å². The highest BCUT2D eigenvalue weighted by Crippen LogP contribution is 2.31. The van der Waals surface area contributed by atoms with Gasteiger partial charge in [0.1, 0.15) is 0 Å². The second kappa shape index (κ2) is 6.94. The predicted octanol–water partition coefficient (Wildman–Crippen LogP) is 4.10. The molecular weight excluding hydrogens is 218 g/mol. The third-order valence-corrected chi connectivity index (χ3v) is 4.20. The fourth-order valence-corrected chi connectivity index (χ4v) is 2.93. The van der Waals surface area contributed by atoms with Gasteiger partial charge in [-0.2, -0.15) is 0 Å². The van der Waals surface area contributed by atoms with Crippen molar-refractivity contribution in [2.45, 2.75) is 58.4 Å². The molecule has 1 aromatic rings. The molecule has 1 nitrogen and oxygen atoms in total. The molecule has 0 amide bonds. The number of benzene rings is 1. The molecule has 1 heteroatoms. The number of nitrogens with one attached hydrogen (secondary N) is 1. The zero-order chi connectivity index (χ0) is 12.8. The van der Waals surface area contributed by atoms with Crippen LogP contribution in [0.2, 0.25) is 0 Å². The minimum Gasteiger partial charge on any atom is -0.314 e. The van der Waals surface area contributed by atoms with Crippen molar-refractivity contribution in [1.29, 1.82) is 0 Å². The first-order valence-electron chi connectivity index (χ1n) is 7.57. The molecule has 0 saturated heterocycles. The monoisotopic (exact) mass is 245 g/mol. The maximum absolute atomic E-state index is 3.67. The minimum atomic E-state index is 0.723. The van der Waals surface area contributed by atoms with Gasteiger partial charge in [0.05, 0.1) is 0 Å². The van der Waals surface area contributed by atoms with Crippen molar-refractivity contribution in [3.63, 3.8) is 0 Å². The Morgan fingerprint density at radius 1 is 1.33 bits per heavy atom. The van der Waals surface area contributed by atoms with E-state index < -0.39 is 0 Å². The fraction of sp³-hybridized carbons (Fsp3) is 0.647. The van der Waals surface area contributed by atoms with Crippen LogP contribution in [0, 0.1) is 12.8 Å². The summed E-state index contributed by atoms with van der Waals surface area (Å²) in [4.78, 5) is 0. The van der Waals surface area contributed by atoms with Crippen LogP contribution in [0.4, 0.5) is 0 Å². The van der Waals surface area contributed by atoms with Gasteiger partial charge in [0, 0.05) is 6.04 Å². The summed E-state index contributed by atoms with van der Waals surface area (Å²) in [5.41, 5.74) is 2.87. The first-order chi connectivity index (χ1) is 8.78. The molecule has 1 atom stereocenters. The van der Waals surface area contributed by atoms with Gasteiger partial charge in [-0.05, 0) is 44.2 Å². The Labute approximate surface area is 112 Å². The van der Waals surface area contributed by atoms with Gasteiger partial charge in [0.2, 0.25) is 0 Å². The van der Waals surface area contributed by atoms with Gasteiger partial charge in [0.25, 0.3) is 0 Å². The summed E-state index contributed by atoms with van der Waals surface area (Å²) < 4.78 is 0. The highest BCUT2D eigenvalue weighted by atomic mass is 14.9. The summed E-state index contributed by atoms with van der Waals surface area (Å²) in [5.74, 6) is 1.01. The van der Waals surface area contributed by atoms with E-state index in [-0.39, 0.29) is 0 Å². The van der Waals surface area contributed by atoms with E-state index in [4.69, 9.17) is 0 Å². The number of aryl methyl sites for hydroxylation is 2. The molecule has 1 aliphatic carbocycles. The Bertz CT molecular complexity index is 354. The average Bonchev–Trinajstić information content (AvgIpc) is 2.30. The third-order valence-electron chi connectivity index (χ3n) is 4.20. The average molecular weight is 245 g/mol. The lowest BCUT2D eigenvalue weighted by atomic mass is 9.80. The second-order valence-corrected chi connectivity index (χ2v) is 5.81. The quantitative estimate of drug-likeness (QED) is 0.762. The van der Waals surface area contributed by atoms with Crippen molar-refractivity contribution in [3.05, 3.63) is 35.4 Å². The lowest BCUT2D eigenvalue weighted by molar-refractivity contribution is 0.255. The van der Waals surface area contributed by atoms with E-state index >= 15 is 0 Å². The maximum atomic E-state index is 3.67. The third kappa shape index (κ3) is 4.13. The van der Waals surface area contributed by atoms with Gasteiger partial charge in [-0.15, -0.1) is 0 Å². The summed E-state index contributed by atoms with van der Waals surface area (Å²) in [5, 5.41) is 3.67. The van der Waals surface area contributed by atoms with Crippen molar-refractivity contribution in [1.82, 2.24) is 5.32 Å². The zero-order valence-corrected chi connectivity index (χ0v) is 11.9. The fourth-order valence-electron chi connectivity index (χ4n) is 2.93. The summed E-state index contributed by atoms with van der Waals surface area (Å²) in [6, 6.07) is 9.67. The molecule has 1 aromatic carbocycles. The van der Waals surface area contributed by atoms with Gasteiger partial charge < -0.3 is 5.32 Å². The number of rotatable bonds is 7. The van der Waals surface area contributed by atoms with Crippen LogP contribution < -0.4 is 5.32 Å². The van der Waals surface area contributed by atoms with Gasteiger partial charge in [-0.25, -0.2) is 0 Å². The van der Waals surface area contributed by atoms with Crippen LogP contribution in [0.15, 0.2) is 24.3 Å². The Balaban J connectivity index is 1.80. The molecule has 0 heterocycles. The molecule has 1 N–H and O–H groups in total. The summed E-state index contributed by atoms with van der Waals surface area (Å²) in [6.45, 7) is 5.51. The first-order valence-corrected chi connectivity index (χ1v) is 7.57. The highest BCUT2D eigenvalue weighted by molar-refractivity contribution is 5.22. The van der Waals surface area contributed by atoms with Crippen LogP contribution in [0.1, 0.15) is 50.2 Å².